The van der Waals surface area contributed by atoms with Gasteiger partial charge in [0.2, 0.25) is 0 Å². The predicted molar refractivity (Wildman–Crippen MR) is 41.5 cm³/mol. The van der Waals surface area contributed by atoms with Gasteiger partial charge < -0.3 is 0 Å². The summed E-state index contributed by atoms with van der Waals surface area (Å²) in [5, 5.41) is 0. The van der Waals surface area contributed by atoms with Gasteiger partial charge in [-0.25, -0.2) is 0 Å². The van der Waals surface area contributed by atoms with Crippen LogP contribution in [-0.4, -0.2) is 0 Å². The van der Waals surface area contributed by atoms with Crippen LogP contribution in [0, 0.1) is 5.41 Å². The Balaban J connectivity index is 2.17. The highest BCUT2D eigenvalue weighted by atomic mass is 14.4. The van der Waals surface area contributed by atoms with Crippen molar-refractivity contribution >= 4 is 0 Å². The van der Waals surface area contributed by atoms with E-state index >= 15 is 0 Å². The molecular formula is C9H18. The summed E-state index contributed by atoms with van der Waals surface area (Å²) in [5.74, 6) is 0. The second-order valence-electron chi connectivity index (χ2n) is 3.50. The monoisotopic (exact) mass is 126 g/mol. The van der Waals surface area contributed by atoms with Gasteiger partial charge in [-0.3, -0.25) is 0 Å². The molecule has 0 nitrogen and oxygen atoms in total. The average Bonchev–Trinajstić information content (AvgIpc) is 2.51. The zero-order chi connectivity index (χ0) is 6.74. The second-order valence-corrected chi connectivity index (χ2v) is 3.50. The highest BCUT2D eigenvalue weighted by molar-refractivity contribution is 4.91. The van der Waals surface area contributed by atoms with Crippen molar-refractivity contribution in [2.75, 3.05) is 0 Å². The molecule has 0 amide bonds. The maximum Gasteiger partial charge on any atom is -0.0297 e. The van der Waals surface area contributed by atoms with E-state index in [1.165, 1.54) is 38.5 Å². The number of rotatable bonds is 4. The first-order chi connectivity index (χ1) is 4.33. The molecule has 0 heteroatoms. The molecule has 0 aromatic rings. The van der Waals surface area contributed by atoms with Crippen LogP contribution < -0.4 is 0 Å². The lowest BCUT2D eigenvalue weighted by Crippen LogP contribution is -1.97. The molecule has 1 aliphatic carbocycles. The minimum atomic E-state index is 0.851. The van der Waals surface area contributed by atoms with E-state index < -0.39 is 0 Å². The lowest BCUT2D eigenvalue weighted by molar-refractivity contribution is 0.419. The maximum absolute atomic E-state index is 2.30. The average molecular weight is 126 g/mol. The zero-order valence-corrected chi connectivity index (χ0v) is 6.74. The molecule has 9 heavy (non-hydrogen) atoms. The fraction of sp³-hybridized carbons (Fsp3) is 1.00. The lowest BCUT2D eigenvalue weighted by atomic mass is 9.95. The van der Waals surface area contributed by atoms with Crippen LogP contribution in [0.15, 0.2) is 0 Å². The third kappa shape index (κ3) is 1.70. The smallest absolute Gasteiger partial charge is 0.0297 e. The van der Waals surface area contributed by atoms with Crippen molar-refractivity contribution in [3.8, 4) is 0 Å². The molecule has 0 radical (unpaired) electrons. The van der Waals surface area contributed by atoms with E-state index in [0.29, 0.717) is 0 Å². The SMILES string of the molecule is CCCC1(CCC)CC1. The van der Waals surface area contributed by atoms with Gasteiger partial charge in [-0.05, 0) is 31.1 Å². The van der Waals surface area contributed by atoms with Gasteiger partial charge in [-0.1, -0.05) is 26.7 Å². The van der Waals surface area contributed by atoms with Crippen LogP contribution >= 0.6 is 0 Å². The standard InChI is InChI=1S/C9H18/c1-3-5-9(6-4-2)7-8-9/h3-8H2,1-2H3. The lowest BCUT2D eigenvalue weighted by Gasteiger charge is -2.10. The van der Waals surface area contributed by atoms with Crippen LogP contribution in [0.3, 0.4) is 0 Å². The highest BCUT2D eigenvalue weighted by Gasteiger charge is 2.39. The Kier molecular flexibility index (Phi) is 2.15. The van der Waals surface area contributed by atoms with E-state index in [1.54, 1.807) is 0 Å². The molecule has 1 saturated carbocycles. The molecular weight excluding hydrogens is 108 g/mol. The Morgan fingerprint density at radius 1 is 1.00 bits per heavy atom. The van der Waals surface area contributed by atoms with Gasteiger partial charge in [-0.2, -0.15) is 0 Å². The summed E-state index contributed by atoms with van der Waals surface area (Å²) < 4.78 is 0. The molecule has 0 unspecified atom stereocenters. The molecule has 54 valence electrons. The van der Waals surface area contributed by atoms with Crippen molar-refractivity contribution in [3.63, 3.8) is 0 Å². The number of hydrogen-bond acceptors (Lipinski definition) is 0. The van der Waals surface area contributed by atoms with Gasteiger partial charge >= 0.3 is 0 Å². The Bertz CT molecular complexity index is 72.0. The van der Waals surface area contributed by atoms with E-state index in [0.717, 1.165) is 5.41 Å². The third-order valence-corrected chi connectivity index (χ3v) is 2.52. The second kappa shape index (κ2) is 2.72. The van der Waals surface area contributed by atoms with Gasteiger partial charge in [0.25, 0.3) is 0 Å². The van der Waals surface area contributed by atoms with Crippen molar-refractivity contribution in [2.45, 2.75) is 52.4 Å². The van der Waals surface area contributed by atoms with E-state index in [1.807, 2.05) is 0 Å². The first-order valence-corrected chi connectivity index (χ1v) is 4.33. The van der Waals surface area contributed by atoms with Crippen LogP contribution in [0.1, 0.15) is 52.4 Å². The Hall–Kier alpha value is 0. The van der Waals surface area contributed by atoms with Gasteiger partial charge in [0.05, 0.1) is 0 Å². The van der Waals surface area contributed by atoms with Crippen molar-refractivity contribution in [2.24, 2.45) is 5.41 Å². The summed E-state index contributed by atoms with van der Waals surface area (Å²) in [6, 6.07) is 0. The van der Waals surface area contributed by atoms with Crippen LogP contribution in [0.25, 0.3) is 0 Å². The van der Waals surface area contributed by atoms with Crippen molar-refractivity contribution in [3.05, 3.63) is 0 Å². The van der Waals surface area contributed by atoms with Crippen molar-refractivity contribution < 1.29 is 0 Å². The minimum absolute atomic E-state index is 0.851. The fourth-order valence-corrected chi connectivity index (χ4v) is 1.86. The van der Waals surface area contributed by atoms with E-state index in [2.05, 4.69) is 13.8 Å². The van der Waals surface area contributed by atoms with Crippen LogP contribution in [0.2, 0.25) is 0 Å². The molecule has 1 aliphatic rings. The quantitative estimate of drug-likeness (QED) is 0.541. The van der Waals surface area contributed by atoms with Crippen LogP contribution in [0.5, 0.6) is 0 Å². The molecule has 0 saturated heterocycles. The molecule has 0 spiro atoms. The molecule has 0 aromatic heterocycles. The highest BCUT2D eigenvalue weighted by Crippen LogP contribution is 2.53. The summed E-state index contributed by atoms with van der Waals surface area (Å²) >= 11 is 0. The first-order valence-electron chi connectivity index (χ1n) is 4.33. The number of hydrogen-bond donors (Lipinski definition) is 0. The fourth-order valence-electron chi connectivity index (χ4n) is 1.86. The predicted octanol–water partition coefficient (Wildman–Crippen LogP) is 3.37. The first kappa shape index (κ1) is 7.11. The van der Waals surface area contributed by atoms with Crippen LogP contribution in [0.4, 0.5) is 0 Å². The molecule has 0 atom stereocenters. The topological polar surface area (TPSA) is 0 Å². The summed E-state index contributed by atoms with van der Waals surface area (Å²) in [7, 11) is 0. The normalized spacial score (nSPS) is 22.0. The molecule has 0 aliphatic heterocycles. The maximum atomic E-state index is 2.30. The largest absolute Gasteiger partial charge is 0.0654 e. The summed E-state index contributed by atoms with van der Waals surface area (Å²) in [6.07, 6.45) is 8.80. The van der Waals surface area contributed by atoms with Gasteiger partial charge in [-0.15, -0.1) is 0 Å². The summed E-state index contributed by atoms with van der Waals surface area (Å²) in [6.45, 7) is 4.60. The van der Waals surface area contributed by atoms with E-state index in [9.17, 15) is 0 Å². The van der Waals surface area contributed by atoms with Gasteiger partial charge in [0.15, 0.2) is 0 Å². The molecule has 1 fully saturated rings. The molecule has 0 heterocycles. The summed E-state index contributed by atoms with van der Waals surface area (Å²) in [5.41, 5.74) is 0.851. The minimum Gasteiger partial charge on any atom is -0.0654 e. The van der Waals surface area contributed by atoms with Crippen LogP contribution in [-0.2, 0) is 0 Å². The Morgan fingerprint density at radius 3 is 1.67 bits per heavy atom. The molecule has 0 bridgehead atoms. The van der Waals surface area contributed by atoms with Gasteiger partial charge in [0, 0.05) is 0 Å². The Morgan fingerprint density at radius 2 is 1.44 bits per heavy atom. The molecule has 0 aromatic carbocycles. The molecule has 1 rings (SSSR count). The van der Waals surface area contributed by atoms with E-state index in [4.69, 9.17) is 0 Å². The van der Waals surface area contributed by atoms with Crippen molar-refractivity contribution in [1.29, 1.82) is 0 Å². The van der Waals surface area contributed by atoms with E-state index in [-0.39, 0.29) is 0 Å². The molecule has 0 N–H and O–H groups in total. The van der Waals surface area contributed by atoms with Gasteiger partial charge in [0.1, 0.15) is 0 Å². The Labute approximate surface area is 58.7 Å². The summed E-state index contributed by atoms with van der Waals surface area (Å²) in [4.78, 5) is 0. The third-order valence-electron chi connectivity index (χ3n) is 2.52. The zero-order valence-electron chi connectivity index (χ0n) is 6.74. The van der Waals surface area contributed by atoms with Crippen molar-refractivity contribution in [1.82, 2.24) is 0 Å².